The Morgan fingerprint density at radius 3 is 2.23 bits per heavy atom. The van der Waals surface area contributed by atoms with Gasteiger partial charge in [0.15, 0.2) is 0 Å². The zero-order valence-corrected chi connectivity index (χ0v) is 20.0. The molecule has 2 heterocycles. The highest BCUT2D eigenvalue weighted by molar-refractivity contribution is 6.00. The first-order valence-electron chi connectivity index (χ1n) is 11.3. The summed E-state index contributed by atoms with van der Waals surface area (Å²) in [6.07, 6.45) is 0.112. The third kappa shape index (κ3) is 4.64. The number of carbonyl (C=O) groups excluding carboxylic acids is 1. The summed E-state index contributed by atoms with van der Waals surface area (Å²) in [5.74, 6) is -0.778. The number of aliphatic carboxylic acids is 1. The minimum Gasteiger partial charge on any atom is -0.508 e. The predicted octanol–water partition coefficient (Wildman–Crippen LogP) is 4.22. The Kier molecular flexibility index (Phi) is 6.39. The molecule has 8 heteroatoms. The molecule has 0 spiro atoms. The standard InChI is InChI=1S/C27H27NO7/c1-13-16(4)34-24-15(3)25-21(12-20(13)24)14(2)19(27(33)35-25)9-10-23(30)28-22(26(31)32)11-17-5-7-18(29)8-6-17/h5-8,12,22,29H,9-11H2,1-4H3,(H,28,30)(H,31,32)/t22-/m1/s1. The molecule has 0 fully saturated rings. The molecule has 0 radical (unpaired) electrons. The molecule has 4 rings (SSSR count). The van der Waals surface area contributed by atoms with E-state index in [1.54, 1.807) is 12.1 Å². The molecule has 3 N–H and O–H groups in total. The number of carboxylic acids is 1. The number of hydrogen-bond acceptors (Lipinski definition) is 6. The number of aryl methyl sites for hydroxylation is 4. The summed E-state index contributed by atoms with van der Waals surface area (Å²) in [5.41, 5.74) is 4.16. The SMILES string of the molecule is Cc1oc2c(C)c3oc(=O)c(CCC(=O)N[C@H](Cc4ccc(O)cc4)C(=O)O)c(C)c3cc2c1C. The van der Waals surface area contributed by atoms with Gasteiger partial charge in [-0.2, -0.15) is 0 Å². The van der Waals surface area contributed by atoms with Crippen molar-refractivity contribution in [2.75, 3.05) is 0 Å². The van der Waals surface area contributed by atoms with Crippen LogP contribution < -0.4 is 10.9 Å². The zero-order valence-electron chi connectivity index (χ0n) is 20.0. The van der Waals surface area contributed by atoms with Gasteiger partial charge in [-0.05, 0) is 69.0 Å². The smallest absolute Gasteiger partial charge is 0.339 e. The summed E-state index contributed by atoms with van der Waals surface area (Å²) in [4.78, 5) is 37.0. The first-order valence-corrected chi connectivity index (χ1v) is 11.3. The van der Waals surface area contributed by atoms with Gasteiger partial charge in [0.05, 0.1) is 0 Å². The van der Waals surface area contributed by atoms with E-state index < -0.39 is 23.5 Å². The van der Waals surface area contributed by atoms with E-state index >= 15 is 0 Å². The third-order valence-electron chi connectivity index (χ3n) is 6.56. The Hall–Kier alpha value is -4.07. The molecule has 0 aliphatic heterocycles. The number of phenols is 1. The molecule has 182 valence electrons. The lowest BCUT2D eigenvalue weighted by atomic mass is 9.98. The molecule has 1 atom stereocenters. The van der Waals surface area contributed by atoms with E-state index in [0.717, 1.165) is 33.2 Å². The molecule has 2 aromatic heterocycles. The van der Waals surface area contributed by atoms with Crippen molar-refractivity contribution in [3.63, 3.8) is 0 Å². The first-order chi connectivity index (χ1) is 16.6. The van der Waals surface area contributed by atoms with Crippen molar-refractivity contribution in [3.8, 4) is 5.75 Å². The van der Waals surface area contributed by atoms with Crippen molar-refractivity contribution in [3.05, 3.63) is 74.3 Å². The number of phenolic OH excluding ortho intramolecular Hbond substituents is 1. The maximum absolute atomic E-state index is 12.8. The van der Waals surface area contributed by atoms with Crippen LogP contribution in [0.25, 0.3) is 21.9 Å². The molecule has 0 bridgehead atoms. The molecule has 8 nitrogen and oxygen atoms in total. The van der Waals surface area contributed by atoms with E-state index in [4.69, 9.17) is 8.83 Å². The van der Waals surface area contributed by atoms with Crippen LogP contribution in [-0.2, 0) is 22.4 Å². The van der Waals surface area contributed by atoms with Crippen LogP contribution in [0, 0.1) is 27.7 Å². The normalized spacial score (nSPS) is 12.2. The van der Waals surface area contributed by atoms with Crippen molar-refractivity contribution in [1.29, 1.82) is 0 Å². The second kappa shape index (κ2) is 9.29. The molecular formula is C27H27NO7. The third-order valence-corrected chi connectivity index (χ3v) is 6.56. The number of benzene rings is 2. The molecule has 0 aliphatic carbocycles. The van der Waals surface area contributed by atoms with Crippen LogP contribution in [0.3, 0.4) is 0 Å². The number of hydrogen-bond donors (Lipinski definition) is 3. The quantitative estimate of drug-likeness (QED) is 0.340. The summed E-state index contributed by atoms with van der Waals surface area (Å²) < 4.78 is 11.5. The largest absolute Gasteiger partial charge is 0.508 e. The first kappa shape index (κ1) is 24.1. The Morgan fingerprint density at radius 1 is 0.943 bits per heavy atom. The van der Waals surface area contributed by atoms with Gasteiger partial charge >= 0.3 is 11.6 Å². The van der Waals surface area contributed by atoms with Gasteiger partial charge in [0, 0.05) is 34.7 Å². The molecule has 0 saturated carbocycles. The number of amides is 1. The number of rotatable bonds is 7. The summed E-state index contributed by atoms with van der Waals surface area (Å²) in [6, 6.07) is 6.93. The van der Waals surface area contributed by atoms with Gasteiger partial charge in [-0.3, -0.25) is 4.79 Å². The molecule has 0 aliphatic rings. The topological polar surface area (TPSA) is 130 Å². The van der Waals surface area contributed by atoms with Gasteiger partial charge in [0.25, 0.3) is 0 Å². The van der Waals surface area contributed by atoms with Crippen molar-refractivity contribution < 1.29 is 28.6 Å². The second-order valence-corrected chi connectivity index (χ2v) is 8.86. The van der Waals surface area contributed by atoms with Crippen LogP contribution in [0.4, 0.5) is 0 Å². The lowest BCUT2D eigenvalue weighted by molar-refractivity contribution is -0.141. The molecule has 4 aromatic rings. The fourth-order valence-electron chi connectivity index (χ4n) is 4.35. The van der Waals surface area contributed by atoms with E-state index in [1.165, 1.54) is 12.1 Å². The molecule has 0 unspecified atom stereocenters. The van der Waals surface area contributed by atoms with E-state index in [9.17, 15) is 24.6 Å². The van der Waals surface area contributed by atoms with Crippen LogP contribution >= 0.6 is 0 Å². The van der Waals surface area contributed by atoms with Gasteiger partial charge in [-0.1, -0.05) is 12.1 Å². The summed E-state index contributed by atoms with van der Waals surface area (Å²) >= 11 is 0. The van der Waals surface area contributed by atoms with E-state index in [2.05, 4.69) is 5.32 Å². The van der Waals surface area contributed by atoms with Crippen LogP contribution in [-0.4, -0.2) is 28.1 Å². The molecule has 2 aromatic carbocycles. The van der Waals surface area contributed by atoms with Gasteiger partial charge in [-0.15, -0.1) is 0 Å². The Labute approximate surface area is 201 Å². The monoisotopic (exact) mass is 477 g/mol. The predicted molar refractivity (Wildman–Crippen MR) is 131 cm³/mol. The van der Waals surface area contributed by atoms with E-state index in [0.29, 0.717) is 22.3 Å². The number of carbonyl (C=O) groups is 2. The maximum Gasteiger partial charge on any atom is 0.339 e. The number of nitrogens with one attached hydrogen (secondary N) is 1. The van der Waals surface area contributed by atoms with E-state index in [-0.39, 0.29) is 25.0 Å². The van der Waals surface area contributed by atoms with Gasteiger partial charge in [0.1, 0.15) is 28.7 Å². The highest BCUT2D eigenvalue weighted by Crippen LogP contribution is 2.34. The fourth-order valence-corrected chi connectivity index (χ4v) is 4.35. The van der Waals surface area contributed by atoms with E-state index in [1.807, 2.05) is 33.8 Å². The Morgan fingerprint density at radius 2 is 1.57 bits per heavy atom. The zero-order chi connectivity index (χ0) is 25.4. The molecule has 35 heavy (non-hydrogen) atoms. The minimum absolute atomic E-state index is 0.0667. The molecule has 1 amide bonds. The average molecular weight is 478 g/mol. The van der Waals surface area contributed by atoms with Crippen LogP contribution in [0.5, 0.6) is 5.75 Å². The lowest BCUT2D eigenvalue weighted by Gasteiger charge is -2.15. The number of aromatic hydroxyl groups is 1. The van der Waals surface area contributed by atoms with Crippen molar-refractivity contribution in [1.82, 2.24) is 5.32 Å². The lowest BCUT2D eigenvalue weighted by Crippen LogP contribution is -2.42. The highest BCUT2D eigenvalue weighted by atomic mass is 16.4. The number of carboxylic acid groups (broad SMARTS) is 1. The second-order valence-electron chi connectivity index (χ2n) is 8.86. The number of furan rings is 1. The highest BCUT2D eigenvalue weighted by Gasteiger charge is 2.22. The van der Waals surface area contributed by atoms with Gasteiger partial charge in [0.2, 0.25) is 5.91 Å². The molecular weight excluding hydrogens is 450 g/mol. The average Bonchev–Trinajstić information content (AvgIpc) is 3.09. The fraction of sp³-hybridized carbons (Fsp3) is 0.296. The van der Waals surface area contributed by atoms with Gasteiger partial charge in [-0.25, -0.2) is 9.59 Å². The summed E-state index contributed by atoms with van der Waals surface area (Å²) in [7, 11) is 0. The van der Waals surface area contributed by atoms with Gasteiger partial charge < -0.3 is 24.4 Å². The van der Waals surface area contributed by atoms with Crippen LogP contribution in [0.2, 0.25) is 0 Å². The summed E-state index contributed by atoms with van der Waals surface area (Å²) in [5, 5.41) is 23.2. The van der Waals surface area contributed by atoms with Crippen molar-refractivity contribution in [2.24, 2.45) is 0 Å². The Balaban J connectivity index is 1.56. The van der Waals surface area contributed by atoms with Crippen molar-refractivity contribution >= 4 is 33.8 Å². The maximum atomic E-state index is 12.8. The van der Waals surface area contributed by atoms with Crippen molar-refractivity contribution in [2.45, 2.75) is 53.0 Å². The summed E-state index contributed by atoms with van der Waals surface area (Å²) in [6.45, 7) is 7.54. The Bertz CT molecular complexity index is 1510. The van der Waals surface area contributed by atoms with Crippen LogP contribution in [0.15, 0.2) is 44.0 Å². The number of fused-ring (bicyclic) bond motifs is 2. The van der Waals surface area contributed by atoms with Crippen LogP contribution in [0.1, 0.15) is 40.0 Å². The minimum atomic E-state index is -1.17. The molecule has 0 saturated heterocycles.